The van der Waals surface area contributed by atoms with Crippen LogP contribution in [0.4, 0.5) is 0 Å². The van der Waals surface area contributed by atoms with Crippen molar-refractivity contribution >= 4 is 0 Å². The zero-order valence-corrected chi connectivity index (χ0v) is 7.62. The van der Waals surface area contributed by atoms with E-state index in [0.29, 0.717) is 5.75 Å². The van der Waals surface area contributed by atoms with Crippen LogP contribution in [-0.2, 0) is 0 Å². The molecule has 0 aromatic heterocycles. The second-order valence-electron chi connectivity index (χ2n) is 2.55. The summed E-state index contributed by atoms with van der Waals surface area (Å²) in [7, 11) is 0. The van der Waals surface area contributed by atoms with Crippen LogP contribution in [0.15, 0.2) is 18.2 Å². The Kier molecular flexibility index (Phi) is 3.54. The summed E-state index contributed by atoms with van der Waals surface area (Å²) in [5.41, 5.74) is 11.5. The lowest BCUT2D eigenvalue weighted by atomic mass is 10.2. The Labute approximate surface area is 77.4 Å². The standard InChI is InChI=1S/C9H14N2O2/c1-7-2-3-8(12-5-10)4-9(7)13-6-11/h2-4H,5-6,10-11H2,1H3. The molecule has 0 amide bonds. The van der Waals surface area contributed by atoms with E-state index < -0.39 is 0 Å². The number of hydrogen-bond acceptors (Lipinski definition) is 4. The Morgan fingerprint density at radius 3 is 2.46 bits per heavy atom. The van der Waals surface area contributed by atoms with Gasteiger partial charge in [0.15, 0.2) is 0 Å². The highest BCUT2D eigenvalue weighted by Crippen LogP contribution is 2.23. The van der Waals surface area contributed by atoms with Crippen molar-refractivity contribution in [1.29, 1.82) is 0 Å². The average Bonchev–Trinajstić information content (AvgIpc) is 2.12. The fourth-order valence-corrected chi connectivity index (χ4v) is 1.01. The van der Waals surface area contributed by atoms with Gasteiger partial charge in [0, 0.05) is 6.07 Å². The first-order valence-corrected chi connectivity index (χ1v) is 4.04. The summed E-state index contributed by atoms with van der Waals surface area (Å²) in [4.78, 5) is 0. The number of aryl methyl sites for hydroxylation is 1. The fraction of sp³-hybridized carbons (Fsp3) is 0.333. The van der Waals surface area contributed by atoms with Crippen LogP contribution in [0.1, 0.15) is 5.56 Å². The van der Waals surface area contributed by atoms with Crippen LogP contribution in [-0.4, -0.2) is 13.5 Å². The van der Waals surface area contributed by atoms with Crippen molar-refractivity contribution in [3.63, 3.8) is 0 Å². The van der Waals surface area contributed by atoms with Gasteiger partial charge >= 0.3 is 0 Å². The van der Waals surface area contributed by atoms with Crippen molar-refractivity contribution in [2.45, 2.75) is 6.92 Å². The van der Waals surface area contributed by atoms with Crippen molar-refractivity contribution in [2.75, 3.05) is 13.5 Å². The topological polar surface area (TPSA) is 70.5 Å². The number of ether oxygens (including phenoxy) is 2. The van der Waals surface area contributed by atoms with E-state index in [1.165, 1.54) is 0 Å². The maximum Gasteiger partial charge on any atom is 0.137 e. The summed E-state index contributed by atoms with van der Waals surface area (Å²) in [6, 6.07) is 5.51. The highest BCUT2D eigenvalue weighted by Gasteiger charge is 2.00. The average molecular weight is 182 g/mol. The number of nitrogens with two attached hydrogens (primary N) is 2. The van der Waals surface area contributed by atoms with Crippen LogP contribution in [0.25, 0.3) is 0 Å². The highest BCUT2D eigenvalue weighted by molar-refractivity contribution is 5.39. The van der Waals surface area contributed by atoms with Gasteiger partial charge in [0.2, 0.25) is 0 Å². The molecule has 0 spiro atoms. The predicted octanol–water partition coefficient (Wildman–Crippen LogP) is 0.585. The number of rotatable bonds is 4. The van der Waals surface area contributed by atoms with E-state index in [0.717, 1.165) is 11.3 Å². The zero-order chi connectivity index (χ0) is 9.68. The molecule has 0 aliphatic heterocycles. The van der Waals surface area contributed by atoms with Gasteiger partial charge in [-0.1, -0.05) is 6.07 Å². The zero-order valence-electron chi connectivity index (χ0n) is 7.62. The van der Waals surface area contributed by atoms with Gasteiger partial charge in [-0.15, -0.1) is 0 Å². The van der Waals surface area contributed by atoms with Gasteiger partial charge < -0.3 is 9.47 Å². The normalized spacial score (nSPS) is 9.77. The van der Waals surface area contributed by atoms with Gasteiger partial charge in [-0.25, -0.2) is 0 Å². The molecule has 0 radical (unpaired) electrons. The summed E-state index contributed by atoms with van der Waals surface area (Å²) in [6.07, 6.45) is 0. The van der Waals surface area contributed by atoms with Crippen LogP contribution in [0.2, 0.25) is 0 Å². The Balaban J connectivity index is 2.83. The fourth-order valence-electron chi connectivity index (χ4n) is 1.01. The minimum Gasteiger partial charge on any atom is -0.478 e. The molecule has 4 N–H and O–H groups in total. The van der Waals surface area contributed by atoms with E-state index in [-0.39, 0.29) is 13.5 Å². The first-order valence-electron chi connectivity index (χ1n) is 4.04. The molecule has 0 bridgehead atoms. The van der Waals surface area contributed by atoms with Gasteiger partial charge in [0.1, 0.15) is 25.0 Å². The lowest BCUT2D eigenvalue weighted by Gasteiger charge is -2.09. The van der Waals surface area contributed by atoms with Gasteiger partial charge in [-0.2, -0.15) is 0 Å². The molecule has 13 heavy (non-hydrogen) atoms. The predicted molar refractivity (Wildman–Crippen MR) is 50.5 cm³/mol. The van der Waals surface area contributed by atoms with Crippen LogP contribution in [0, 0.1) is 6.92 Å². The maximum absolute atomic E-state index is 5.27. The van der Waals surface area contributed by atoms with E-state index in [4.69, 9.17) is 20.9 Å². The molecule has 0 atom stereocenters. The Morgan fingerprint density at radius 1 is 1.15 bits per heavy atom. The Bertz CT molecular complexity index is 276. The highest BCUT2D eigenvalue weighted by atomic mass is 16.5. The molecular weight excluding hydrogens is 168 g/mol. The van der Waals surface area contributed by atoms with Gasteiger partial charge in [0.05, 0.1) is 0 Å². The molecule has 1 aromatic carbocycles. The molecule has 0 aliphatic rings. The molecule has 4 heteroatoms. The van der Waals surface area contributed by atoms with E-state index in [9.17, 15) is 0 Å². The van der Waals surface area contributed by atoms with E-state index in [2.05, 4.69) is 0 Å². The summed E-state index contributed by atoms with van der Waals surface area (Å²) >= 11 is 0. The van der Waals surface area contributed by atoms with Crippen molar-refractivity contribution in [1.82, 2.24) is 0 Å². The summed E-state index contributed by atoms with van der Waals surface area (Å²) < 4.78 is 10.3. The molecule has 4 nitrogen and oxygen atoms in total. The Hall–Kier alpha value is -1.26. The van der Waals surface area contributed by atoms with E-state index in [1.54, 1.807) is 6.07 Å². The second kappa shape index (κ2) is 4.69. The first-order chi connectivity index (χ1) is 6.27. The molecule has 0 heterocycles. The van der Waals surface area contributed by atoms with E-state index >= 15 is 0 Å². The van der Waals surface area contributed by atoms with Gasteiger partial charge in [-0.05, 0) is 18.6 Å². The molecule has 1 rings (SSSR count). The number of benzene rings is 1. The summed E-state index contributed by atoms with van der Waals surface area (Å²) in [6.45, 7) is 2.26. The SMILES string of the molecule is Cc1ccc(OCN)cc1OCN. The number of hydrogen-bond donors (Lipinski definition) is 2. The molecule has 1 aromatic rings. The van der Waals surface area contributed by atoms with Crippen molar-refractivity contribution in [3.05, 3.63) is 23.8 Å². The minimum atomic E-state index is 0.158. The van der Waals surface area contributed by atoms with Crippen molar-refractivity contribution < 1.29 is 9.47 Å². The quantitative estimate of drug-likeness (QED) is 0.668. The van der Waals surface area contributed by atoms with Crippen molar-refractivity contribution in [3.8, 4) is 11.5 Å². The van der Waals surface area contributed by atoms with Crippen LogP contribution >= 0.6 is 0 Å². The molecule has 0 fully saturated rings. The molecule has 0 aliphatic carbocycles. The monoisotopic (exact) mass is 182 g/mol. The summed E-state index contributed by atoms with van der Waals surface area (Å²) in [5.74, 6) is 1.42. The largest absolute Gasteiger partial charge is 0.478 e. The lowest BCUT2D eigenvalue weighted by molar-refractivity contribution is 0.311. The van der Waals surface area contributed by atoms with Crippen LogP contribution in [0.3, 0.4) is 0 Å². The molecule has 0 unspecified atom stereocenters. The van der Waals surface area contributed by atoms with Crippen molar-refractivity contribution in [2.24, 2.45) is 11.5 Å². The molecule has 0 saturated heterocycles. The lowest BCUT2D eigenvalue weighted by Crippen LogP contribution is -2.09. The second-order valence-corrected chi connectivity index (χ2v) is 2.55. The van der Waals surface area contributed by atoms with Gasteiger partial charge in [-0.3, -0.25) is 11.5 Å². The first kappa shape index (κ1) is 9.83. The summed E-state index contributed by atoms with van der Waals surface area (Å²) in [5, 5.41) is 0. The third-order valence-corrected chi connectivity index (χ3v) is 1.65. The minimum absolute atomic E-state index is 0.158. The van der Waals surface area contributed by atoms with Gasteiger partial charge in [0.25, 0.3) is 0 Å². The Morgan fingerprint density at radius 2 is 1.85 bits per heavy atom. The third-order valence-electron chi connectivity index (χ3n) is 1.65. The van der Waals surface area contributed by atoms with Crippen LogP contribution < -0.4 is 20.9 Å². The molecular formula is C9H14N2O2. The molecule has 72 valence electrons. The third kappa shape index (κ3) is 2.61. The van der Waals surface area contributed by atoms with Crippen LogP contribution in [0.5, 0.6) is 11.5 Å². The van der Waals surface area contributed by atoms with E-state index in [1.807, 2.05) is 19.1 Å². The maximum atomic E-state index is 5.27. The molecule has 0 saturated carbocycles. The smallest absolute Gasteiger partial charge is 0.137 e.